The zero-order valence-electron chi connectivity index (χ0n) is 20.3. The van der Waals surface area contributed by atoms with Gasteiger partial charge in [-0.3, -0.25) is 9.59 Å². The topological polar surface area (TPSA) is 125 Å². The van der Waals surface area contributed by atoms with Crippen LogP contribution in [0, 0.1) is 6.92 Å². The molecular weight excluding hydrogens is 436 g/mol. The molecule has 0 aliphatic rings. The lowest BCUT2D eigenvalue weighted by molar-refractivity contribution is -0.141. The van der Waals surface area contributed by atoms with Crippen LogP contribution in [-0.2, 0) is 19.7 Å². The lowest BCUT2D eigenvalue weighted by atomic mass is 9.81. The molecule has 2 atom stereocenters. The molecule has 0 aliphatic carbocycles. The van der Waals surface area contributed by atoms with Gasteiger partial charge in [-0.25, -0.2) is 4.79 Å². The zero-order chi connectivity index (χ0) is 25.5. The Labute approximate surface area is 200 Å². The highest BCUT2D eigenvalue weighted by Gasteiger charge is 2.27. The van der Waals surface area contributed by atoms with Gasteiger partial charge in [-0.05, 0) is 61.6 Å². The number of rotatable bonds is 12. The van der Waals surface area contributed by atoms with Gasteiger partial charge in [-0.15, -0.1) is 0 Å². The minimum absolute atomic E-state index is 0.225. The number of carboxylic acids is 1. The maximum absolute atomic E-state index is 13.3. The molecule has 2 rings (SSSR count). The van der Waals surface area contributed by atoms with Crippen molar-refractivity contribution < 1.29 is 29.3 Å². The van der Waals surface area contributed by atoms with Crippen molar-refractivity contribution in [2.45, 2.75) is 58.0 Å². The summed E-state index contributed by atoms with van der Waals surface area (Å²) in [6, 6.07) is 10.6. The van der Waals surface area contributed by atoms with Crippen LogP contribution in [0.3, 0.4) is 0 Å². The SMILES string of the molecule is COC(=O)C(C)Nc1ccccc1C(=O)[C@H](CC(=O)O)NCCC(C)(C)c1ccc(C)c(O)c1. The Morgan fingerprint density at radius 1 is 1.12 bits per heavy atom. The quantitative estimate of drug-likeness (QED) is 0.274. The van der Waals surface area contributed by atoms with Crippen LogP contribution in [0.5, 0.6) is 5.75 Å². The van der Waals surface area contributed by atoms with Gasteiger partial charge in [-0.2, -0.15) is 0 Å². The number of anilines is 1. The number of carboxylic acid groups (broad SMARTS) is 1. The summed E-state index contributed by atoms with van der Waals surface area (Å²) in [7, 11) is 1.28. The number of benzene rings is 2. The second kappa shape index (κ2) is 11.7. The number of Topliss-reactive ketones (excluding diaryl/α,β-unsaturated/α-hetero) is 1. The van der Waals surface area contributed by atoms with Crippen molar-refractivity contribution in [1.82, 2.24) is 5.32 Å². The number of hydrogen-bond donors (Lipinski definition) is 4. The van der Waals surface area contributed by atoms with E-state index in [0.717, 1.165) is 11.1 Å². The third-order valence-electron chi connectivity index (χ3n) is 5.95. The van der Waals surface area contributed by atoms with Crippen LogP contribution in [0.25, 0.3) is 0 Å². The average molecular weight is 471 g/mol. The fourth-order valence-corrected chi connectivity index (χ4v) is 3.65. The van der Waals surface area contributed by atoms with Crippen LogP contribution in [0.4, 0.5) is 5.69 Å². The molecule has 1 unspecified atom stereocenters. The van der Waals surface area contributed by atoms with Gasteiger partial charge >= 0.3 is 11.9 Å². The molecule has 184 valence electrons. The van der Waals surface area contributed by atoms with Crippen molar-refractivity contribution in [2.24, 2.45) is 0 Å². The van der Waals surface area contributed by atoms with Gasteiger partial charge in [0.2, 0.25) is 0 Å². The van der Waals surface area contributed by atoms with E-state index in [-0.39, 0.29) is 23.4 Å². The highest BCUT2D eigenvalue weighted by molar-refractivity contribution is 6.06. The number of nitrogens with one attached hydrogen (secondary N) is 2. The molecule has 0 spiro atoms. The molecule has 2 aromatic carbocycles. The van der Waals surface area contributed by atoms with Crippen LogP contribution in [0.1, 0.15) is 55.1 Å². The monoisotopic (exact) mass is 470 g/mol. The Morgan fingerprint density at radius 2 is 1.79 bits per heavy atom. The Morgan fingerprint density at radius 3 is 2.41 bits per heavy atom. The molecule has 0 amide bonds. The van der Waals surface area contributed by atoms with Crippen molar-refractivity contribution >= 4 is 23.4 Å². The number of carbonyl (C=O) groups is 3. The number of ketones is 1. The van der Waals surface area contributed by atoms with E-state index < -0.39 is 24.0 Å². The molecule has 2 aromatic rings. The molecule has 0 aromatic heterocycles. The first-order valence-corrected chi connectivity index (χ1v) is 11.2. The first-order chi connectivity index (χ1) is 16.0. The Bertz CT molecular complexity index is 1030. The molecular formula is C26H34N2O6. The highest BCUT2D eigenvalue weighted by atomic mass is 16.5. The predicted octanol–water partition coefficient (Wildman–Crippen LogP) is 3.66. The zero-order valence-corrected chi connectivity index (χ0v) is 20.3. The predicted molar refractivity (Wildman–Crippen MR) is 130 cm³/mol. The molecule has 0 saturated carbocycles. The first-order valence-electron chi connectivity index (χ1n) is 11.2. The van der Waals surface area contributed by atoms with Crippen molar-refractivity contribution in [3.63, 3.8) is 0 Å². The molecule has 0 saturated heterocycles. The lowest BCUT2D eigenvalue weighted by Crippen LogP contribution is -2.41. The fraction of sp³-hybridized carbons (Fsp3) is 0.423. The summed E-state index contributed by atoms with van der Waals surface area (Å²) in [5.41, 5.74) is 2.14. The van der Waals surface area contributed by atoms with Gasteiger partial charge in [0.15, 0.2) is 5.78 Å². The van der Waals surface area contributed by atoms with Crippen molar-refractivity contribution in [2.75, 3.05) is 19.0 Å². The van der Waals surface area contributed by atoms with E-state index in [0.29, 0.717) is 24.2 Å². The van der Waals surface area contributed by atoms with Gasteiger partial charge < -0.3 is 25.6 Å². The molecule has 0 aliphatic heterocycles. The maximum Gasteiger partial charge on any atom is 0.327 e. The standard InChI is InChI=1S/C26H34N2O6/c1-16-10-11-18(14-22(16)29)26(3,4)12-13-27-21(15-23(30)31)24(32)19-8-6-7-9-20(19)28-17(2)25(33)34-5/h6-11,14,17,21,27-29H,12-13,15H2,1-5H3,(H,30,31)/t17?,21-/m0/s1. The molecule has 34 heavy (non-hydrogen) atoms. The van der Waals surface area contributed by atoms with E-state index in [4.69, 9.17) is 4.74 Å². The normalized spacial score (nSPS) is 13.1. The van der Waals surface area contributed by atoms with Crippen LogP contribution in [0.15, 0.2) is 42.5 Å². The average Bonchev–Trinajstić information content (AvgIpc) is 2.79. The number of aryl methyl sites for hydroxylation is 1. The summed E-state index contributed by atoms with van der Waals surface area (Å²) in [6.07, 6.45) is 0.226. The van der Waals surface area contributed by atoms with E-state index in [9.17, 15) is 24.6 Å². The van der Waals surface area contributed by atoms with Crippen LogP contribution < -0.4 is 10.6 Å². The number of ether oxygens (including phenoxy) is 1. The van der Waals surface area contributed by atoms with Crippen LogP contribution >= 0.6 is 0 Å². The number of para-hydroxylation sites is 1. The number of carbonyl (C=O) groups excluding carboxylic acids is 2. The van der Waals surface area contributed by atoms with Gasteiger partial charge in [-0.1, -0.05) is 38.1 Å². The Hall–Kier alpha value is -3.39. The minimum atomic E-state index is -1.10. The largest absolute Gasteiger partial charge is 0.508 e. The number of methoxy groups -OCH3 is 1. The van der Waals surface area contributed by atoms with Gasteiger partial charge in [0.25, 0.3) is 0 Å². The summed E-state index contributed by atoms with van der Waals surface area (Å²) >= 11 is 0. The summed E-state index contributed by atoms with van der Waals surface area (Å²) in [5.74, 6) is -1.73. The van der Waals surface area contributed by atoms with E-state index >= 15 is 0 Å². The molecule has 0 heterocycles. The minimum Gasteiger partial charge on any atom is -0.508 e. The van der Waals surface area contributed by atoms with Crippen LogP contribution in [-0.4, -0.2) is 53.7 Å². The lowest BCUT2D eigenvalue weighted by Gasteiger charge is -2.27. The van der Waals surface area contributed by atoms with E-state index in [2.05, 4.69) is 10.6 Å². The maximum atomic E-state index is 13.3. The number of phenols is 1. The summed E-state index contributed by atoms with van der Waals surface area (Å²) in [4.78, 5) is 36.6. The third-order valence-corrected chi connectivity index (χ3v) is 5.95. The van der Waals surface area contributed by atoms with E-state index in [1.807, 2.05) is 32.9 Å². The molecule has 0 bridgehead atoms. The number of hydrogen-bond acceptors (Lipinski definition) is 7. The molecule has 8 nitrogen and oxygen atoms in total. The highest BCUT2D eigenvalue weighted by Crippen LogP contribution is 2.30. The van der Waals surface area contributed by atoms with E-state index in [1.54, 1.807) is 37.3 Å². The summed E-state index contributed by atoms with van der Waals surface area (Å²) in [6.45, 7) is 7.89. The molecule has 4 N–H and O–H groups in total. The summed E-state index contributed by atoms with van der Waals surface area (Å²) < 4.78 is 4.73. The second-order valence-electron chi connectivity index (χ2n) is 9.04. The van der Waals surface area contributed by atoms with Crippen molar-refractivity contribution in [3.8, 4) is 5.75 Å². The number of aromatic hydroxyl groups is 1. The van der Waals surface area contributed by atoms with Gasteiger partial charge in [0.1, 0.15) is 11.8 Å². The van der Waals surface area contributed by atoms with Gasteiger partial charge in [0.05, 0.1) is 19.6 Å². The first kappa shape index (κ1) is 26.9. The smallest absolute Gasteiger partial charge is 0.327 e. The van der Waals surface area contributed by atoms with Gasteiger partial charge in [0, 0.05) is 11.3 Å². The Balaban J connectivity index is 2.17. The molecule has 0 fully saturated rings. The third kappa shape index (κ3) is 7.05. The molecule has 0 radical (unpaired) electrons. The van der Waals surface area contributed by atoms with E-state index in [1.165, 1.54) is 7.11 Å². The fourth-order valence-electron chi connectivity index (χ4n) is 3.65. The second-order valence-corrected chi connectivity index (χ2v) is 9.04. The number of aliphatic carboxylic acids is 1. The van der Waals surface area contributed by atoms with Crippen molar-refractivity contribution in [3.05, 3.63) is 59.2 Å². The number of esters is 1. The molecule has 8 heteroatoms. The van der Waals surface area contributed by atoms with Crippen molar-refractivity contribution in [1.29, 1.82) is 0 Å². The summed E-state index contributed by atoms with van der Waals surface area (Å²) in [5, 5.41) is 25.5. The Kier molecular flexibility index (Phi) is 9.20. The van der Waals surface area contributed by atoms with Crippen LogP contribution in [0.2, 0.25) is 0 Å². The number of phenolic OH excluding ortho intramolecular Hbond substituents is 1.